The summed E-state index contributed by atoms with van der Waals surface area (Å²) in [6.07, 6.45) is 0. The molecule has 1 aliphatic carbocycles. The van der Waals surface area contributed by atoms with Gasteiger partial charge < -0.3 is 4.90 Å². The maximum atomic E-state index is 2.43. The molecule has 0 unspecified atom stereocenters. The van der Waals surface area contributed by atoms with Gasteiger partial charge in [0.25, 0.3) is 0 Å². The van der Waals surface area contributed by atoms with E-state index in [-0.39, 0.29) is 5.41 Å². The Morgan fingerprint density at radius 3 is 1.70 bits per heavy atom. The molecule has 1 nitrogen and oxygen atoms in total. The SMILES string of the molecule is c1ccc(-c2cc3c(s2)C2(c4ccccc4-3)c3ccccc3N(c3ccccc3)c3ccccc32)cc1. The quantitative estimate of drug-likeness (QED) is 0.234. The van der Waals surface area contributed by atoms with Gasteiger partial charge in [0.15, 0.2) is 0 Å². The second kappa shape index (κ2) is 7.80. The zero-order valence-corrected chi connectivity index (χ0v) is 21.0. The van der Waals surface area contributed by atoms with Crippen molar-refractivity contribution in [2.75, 3.05) is 4.90 Å². The lowest BCUT2D eigenvalue weighted by Crippen LogP contribution is -2.35. The molecule has 0 fully saturated rings. The van der Waals surface area contributed by atoms with Gasteiger partial charge in [0.1, 0.15) is 0 Å². The van der Waals surface area contributed by atoms with E-state index in [0.29, 0.717) is 0 Å². The number of anilines is 3. The molecule has 1 spiro atoms. The number of thiophene rings is 1. The number of para-hydroxylation sites is 3. The van der Waals surface area contributed by atoms with Crippen LogP contribution >= 0.6 is 11.3 Å². The second-order valence-corrected chi connectivity index (χ2v) is 10.8. The van der Waals surface area contributed by atoms with E-state index in [0.717, 1.165) is 0 Å². The number of hydrogen-bond donors (Lipinski definition) is 0. The van der Waals surface area contributed by atoms with Crippen molar-refractivity contribution in [3.8, 4) is 21.6 Å². The van der Waals surface area contributed by atoms with Crippen LogP contribution in [-0.4, -0.2) is 0 Å². The molecule has 0 N–H and O–H groups in total. The van der Waals surface area contributed by atoms with Crippen LogP contribution in [0.5, 0.6) is 0 Å². The molecule has 8 rings (SSSR count). The molecule has 2 heteroatoms. The fourth-order valence-electron chi connectivity index (χ4n) is 6.42. The van der Waals surface area contributed by atoms with Gasteiger partial charge in [0, 0.05) is 15.4 Å². The summed E-state index contributed by atoms with van der Waals surface area (Å²) in [5.74, 6) is 0. The van der Waals surface area contributed by atoms with Gasteiger partial charge in [-0.25, -0.2) is 0 Å². The Bertz CT molecular complexity index is 1730. The highest BCUT2D eigenvalue weighted by Gasteiger charge is 2.52. The number of hydrogen-bond acceptors (Lipinski definition) is 2. The third-order valence-corrected chi connectivity index (χ3v) is 9.17. The predicted molar refractivity (Wildman–Crippen MR) is 155 cm³/mol. The average Bonchev–Trinajstić information content (AvgIpc) is 3.52. The summed E-state index contributed by atoms with van der Waals surface area (Å²) in [6, 6.07) is 51.0. The van der Waals surface area contributed by atoms with Crippen LogP contribution in [0, 0.1) is 0 Å². The summed E-state index contributed by atoms with van der Waals surface area (Å²) in [7, 11) is 0. The van der Waals surface area contributed by atoms with Crippen LogP contribution in [-0.2, 0) is 5.41 Å². The largest absolute Gasteiger partial charge is 0.310 e. The molecule has 174 valence electrons. The fourth-order valence-corrected chi connectivity index (χ4v) is 7.83. The number of fused-ring (bicyclic) bond motifs is 9. The Balaban J connectivity index is 1.50. The van der Waals surface area contributed by atoms with Crippen LogP contribution in [0.3, 0.4) is 0 Å². The number of benzene rings is 5. The van der Waals surface area contributed by atoms with Gasteiger partial charge in [-0.15, -0.1) is 11.3 Å². The van der Waals surface area contributed by atoms with Gasteiger partial charge >= 0.3 is 0 Å². The molecule has 1 aromatic heterocycles. The third kappa shape index (κ3) is 2.74. The lowest BCUT2D eigenvalue weighted by Gasteiger charge is -2.44. The van der Waals surface area contributed by atoms with Crippen molar-refractivity contribution in [2.45, 2.75) is 5.41 Å². The van der Waals surface area contributed by atoms with Gasteiger partial charge in [-0.3, -0.25) is 0 Å². The Hall–Kier alpha value is -4.40. The van der Waals surface area contributed by atoms with Crippen LogP contribution in [0.1, 0.15) is 21.6 Å². The fraction of sp³-hybridized carbons (Fsp3) is 0.0286. The lowest BCUT2D eigenvalue weighted by atomic mass is 9.67. The molecule has 1 aliphatic heterocycles. The highest BCUT2D eigenvalue weighted by atomic mass is 32.1. The molecule has 5 aromatic carbocycles. The van der Waals surface area contributed by atoms with E-state index in [9.17, 15) is 0 Å². The standard InChI is InChI=1S/C35H23NS/c1-3-13-24(14-4-1)33-23-27-26-17-7-8-18-28(26)35(34(27)37-33)29-19-9-11-21-31(29)36(25-15-5-2-6-16-25)32-22-12-10-20-30(32)35/h1-23H. The topological polar surface area (TPSA) is 3.24 Å². The minimum atomic E-state index is -0.359. The van der Waals surface area contributed by atoms with Gasteiger partial charge in [-0.1, -0.05) is 109 Å². The highest BCUT2D eigenvalue weighted by molar-refractivity contribution is 7.16. The van der Waals surface area contributed by atoms with Gasteiger partial charge in [0.2, 0.25) is 0 Å². The summed E-state index contributed by atoms with van der Waals surface area (Å²) in [5, 5.41) is 0. The zero-order chi connectivity index (χ0) is 24.4. The molecule has 6 aromatic rings. The van der Waals surface area contributed by atoms with E-state index in [1.807, 2.05) is 11.3 Å². The van der Waals surface area contributed by atoms with E-state index in [2.05, 4.69) is 144 Å². The van der Waals surface area contributed by atoms with E-state index in [1.165, 1.54) is 60.2 Å². The van der Waals surface area contributed by atoms with Crippen molar-refractivity contribution in [1.82, 2.24) is 0 Å². The number of rotatable bonds is 2. The molecule has 0 amide bonds. The maximum Gasteiger partial charge on any atom is 0.0847 e. The van der Waals surface area contributed by atoms with Crippen molar-refractivity contribution in [1.29, 1.82) is 0 Å². The first kappa shape index (κ1) is 20.8. The summed E-state index contributed by atoms with van der Waals surface area (Å²) in [4.78, 5) is 5.17. The van der Waals surface area contributed by atoms with E-state index in [4.69, 9.17) is 0 Å². The number of nitrogens with zero attached hydrogens (tertiary/aromatic N) is 1. The monoisotopic (exact) mass is 489 g/mol. The average molecular weight is 490 g/mol. The van der Waals surface area contributed by atoms with Gasteiger partial charge in [-0.2, -0.15) is 0 Å². The van der Waals surface area contributed by atoms with Crippen LogP contribution in [0.25, 0.3) is 21.6 Å². The minimum absolute atomic E-state index is 0.359. The van der Waals surface area contributed by atoms with Crippen molar-refractivity contribution < 1.29 is 0 Å². The first-order valence-corrected chi connectivity index (χ1v) is 13.5. The molecule has 0 atom stereocenters. The van der Waals surface area contributed by atoms with Crippen LogP contribution in [0.2, 0.25) is 0 Å². The van der Waals surface area contributed by atoms with E-state index in [1.54, 1.807) is 0 Å². The van der Waals surface area contributed by atoms with Crippen molar-refractivity contribution in [3.63, 3.8) is 0 Å². The van der Waals surface area contributed by atoms with E-state index < -0.39 is 0 Å². The molecule has 0 radical (unpaired) electrons. The maximum absolute atomic E-state index is 2.43. The Labute approximate surface area is 220 Å². The summed E-state index contributed by atoms with van der Waals surface area (Å²) in [5.41, 5.74) is 11.3. The van der Waals surface area contributed by atoms with Gasteiger partial charge in [-0.05, 0) is 63.7 Å². The molecule has 37 heavy (non-hydrogen) atoms. The molecule has 2 heterocycles. The Morgan fingerprint density at radius 1 is 0.486 bits per heavy atom. The third-order valence-electron chi connectivity index (χ3n) is 7.86. The summed E-state index contributed by atoms with van der Waals surface area (Å²) in [6.45, 7) is 0. The normalized spacial score (nSPS) is 14.1. The van der Waals surface area contributed by atoms with Crippen LogP contribution in [0.4, 0.5) is 17.1 Å². The minimum Gasteiger partial charge on any atom is -0.310 e. The van der Waals surface area contributed by atoms with Crippen molar-refractivity contribution in [3.05, 3.63) is 161 Å². The highest BCUT2D eigenvalue weighted by Crippen LogP contribution is 2.65. The van der Waals surface area contributed by atoms with E-state index >= 15 is 0 Å². The lowest BCUT2D eigenvalue weighted by molar-refractivity contribution is 0.767. The Morgan fingerprint density at radius 2 is 1.03 bits per heavy atom. The first-order valence-electron chi connectivity index (χ1n) is 12.7. The second-order valence-electron chi connectivity index (χ2n) is 9.72. The summed E-state index contributed by atoms with van der Waals surface area (Å²) < 4.78 is 0. The molecular weight excluding hydrogens is 466 g/mol. The molecule has 0 bridgehead atoms. The zero-order valence-electron chi connectivity index (χ0n) is 20.1. The molecule has 2 aliphatic rings. The molecule has 0 saturated carbocycles. The van der Waals surface area contributed by atoms with Gasteiger partial charge in [0.05, 0.1) is 16.8 Å². The van der Waals surface area contributed by atoms with Crippen molar-refractivity contribution in [2.24, 2.45) is 0 Å². The summed E-state index contributed by atoms with van der Waals surface area (Å²) >= 11 is 1.94. The Kier molecular flexibility index (Phi) is 4.37. The molecule has 0 saturated heterocycles. The molecular formula is C35H23NS. The van der Waals surface area contributed by atoms with Crippen LogP contribution in [0.15, 0.2) is 140 Å². The van der Waals surface area contributed by atoms with Crippen molar-refractivity contribution >= 4 is 28.4 Å². The smallest absolute Gasteiger partial charge is 0.0847 e. The van der Waals surface area contributed by atoms with Crippen LogP contribution < -0.4 is 4.90 Å². The predicted octanol–water partition coefficient (Wildman–Crippen LogP) is 9.56. The first-order chi connectivity index (χ1) is 18.4.